The van der Waals surface area contributed by atoms with Crippen molar-refractivity contribution in [2.24, 2.45) is 5.73 Å². The van der Waals surface area contributed by atoms with Gasteiger partial charge in [-0.3, -0.25) is 4.79 Å². The van der Waals surface area contributed by atoms with Crippen LogP contribution in [0.25, 0.3) is 0 Å². The number of nitrogens with two attached hydrogens (primary N) is 1. The monoisotopic (exact) mass is 158 g/mol. The molecule has 0 saturated carbocycles. The summed E-state index contributed by atoms with van der Waals surface area (Å²) >= 11 is 0. The van der Waals surface area contributed by atoms with Crippen molar-refractivity contribution in [1.82, 2.24) is 5.32 Å². The van der Waals surface area contributed by atoms with Gasteiger partial charge >= 0.3 is 0 Å². The summed E-state index contributed by atoms with van der Waals surface area (Å²) in [6.45, 7) is 4.97. The summed E-state index contributed by atoms with van der Waals surface area (Å²) in [6, 6.07) is 0.499. The van der Waals surface area contributed by atoms with Crippen LogP contribution in [0.2, 0.25) is 0 Å². The molecule has 11 heavy (non-hydrogen) atoms. The normalized spacial score (nSPS) is 12.9. The number of carbonyl (C=O) groups excluding carboxylic acids is 1. The van der Waals surface area contributed by atoms with Gasteiger partial charge in [-0.15, -0.1) is 0 Å². The SMILES string of the molecule is CCCC(C)NCCC(N)=O. The molecule has 0 radical (unpaired) electrons. The lowest BCUT2D eigenvalue weighted by atomic mass is 10.2. The highest BCUT2D eigenvalue weighted by atomic mass is 16.1. The van der Waals surface area contributed by atoms with Crippen LogP contribution in [0, 0.1) is 0 Å². The highest BCUT2D eigenvalue weighted by Gasteiger charge is 1.99. The van der Waals surface area contributed by atoms with Crippen LogP contribution >= 0.6 is 0 Å². The molecule has 0 aromatic rings. The second-order valence-corrected chi connectivity index (χ2v) is 2.86. The third-order valence-corrected chi connectivity index (χ3v) is 1.59. The van der Waals surface area contributed by atoms with E-state index in [0.29, 0.717) is 19.0 Å². The minimum atomic E-state index is -0.235. The molecule has 3 N–H and O–H groups in total. The predicted molar refractivity (Wildman–Crippen MR) is 46.2 cm³/mol. The molecule has 0 aliphatic heterocycles. The zero-order chi connectivity index (χ0) is 8.69. The molecule has 3 heteroatoms. The summed E-state index contributed by atoms with van der Waals surface area (Å²) in [7, 11) is 0. The number of carbonyl (C=O) groups is 1. The van der Waals surface area contributed by atoms with Crippen LogP contribution < -0.4 is 11.1 Å². The van der Waals surface area contributed by atoms with E-state index in [9.17, 15) is 4.79 Å². The van der Waals surface area contributed by atoms with Crippen molar-refractivity contribution in [3.8, 4) is 0 Å². The van der Waals surface area contributed by atoms with Crippen molar-refractivity contribution in [2.45, 2.75) is 39.2 Å². The lowest BCUT2D eigenvalue weighted by molar-refractivity contribution is -0.117. The Morgan fingerprint density at radius 1 is 1.64 bits per heavy atom. The minimum absolute atomic E-state index is 0.235. The molecule has 0 rings (SSSR count). The Bertz CT molecular complexity index is 115. The molecule has 0 fully saturated rings. The summed E-state index contributed by atoms with van der Waals surface area (Å²) in [5, 5.41) is 3.21. The first-order chi connectivity index (χ1) is 5.16. The van der Waals surface area contributed by atoms with Gasteiger partial charge in [0.15, 0.2) is 0 Å². The molecular formula is C8H18N2O. The number of rotatable bonds is 6. The van der Waals surface area contributed by atoms with E-state index in [1.807, 2.05) is 0 Å². The Balaban J connectivity index is 3.16. The smallest absolute Gasteiger partial charge is 0.218 e. The zero-order valence-electron chi connectivity index (χ0n) is 7.39. The van der Waals surface area contributed by atoms with Crippen molar-refractivity contribution >= 4 is 5.91 Å². The van der Waals surface area contributed by atoms with Gasteiger partial charge in [0.2, 0.25) is 5.91 Å². The van der Waals surface area contributed by atoms with Crippen LogP contribution in [0.5, 0.6) is 0 Å². The highest BCUT2D eigenvalue weighted by Crippen LogP contribution is 1.93. The lowest BCUT2D eigenvalue weighted by Crippen LogP contribution is -2.29. The molecule has 66 valence electrons. The number of hydrogen-bond donors (Lipinski definition) is 2. The van der Waals surface area contributed by atoms with E-state index in [1.54, 1.807) is 0 Å². The molecule has 0 aromatic carbocycles. The van der Waals surface area contributed by atoms with Crippen molar-refractivity contribution < 1.29 is 4.79 Å². The summed E-state index contributed by atoms with van der Waals surface area (Å²) in [5.41, 5.74) is 4.97. The van der Waals surface area contributed by atoms with E-state index in [4.69, 9.17) is 5.73 Å². The molecular weight excluding hydrogens is 140 g/mol. The minimum Gasteiger partial charge on any atom is -0.370 e. The van der Waals surface area contributed by atoms with Gasteiger partial charge in [-0.05, 0) is 13.3 Å². The standard InChI is InChI=1S/C8H18N2O/c1-3-4-7(2)10-6-5-8(9)11/h7,10H,3-6H2,1-2H3,(H2,9,11). The van der Waals surface area contributed by atoms with E-state index in [1.165, 1.54) is 6.42 Å². The Kier molecular flexibility index (Phi) is 5.84. The second-order valence-electron chi connectivity index (χ2n) is 2.86. The van der Waals surface area contributed by atoms with Gasteiger partial charge in [0.1, 0.15) is 0 Å². The molecule has 0 saturated heterocycles. The van der Waals surface area contributed by atoms with E-state index in [2.05, 4.69) is 19.2 Å². The highest BCUT2D eigenvalue weighted by molar-refractivity contribution is 5.73. The third-order valence-electron chi connectivity index (χ3n) is 1.59. The maximum atomic E-state index is 10.3. The Morgan fingerprint density at radius 3 is 2.73 bits per heavy atom. The fourth-order valence-electron chi connectivity index (χ4n) is 0.977. The van der Waals surface area contributed by atoms with E-state index < -0.39 is 0 Å². The van der Waals surface area contributed by atoms with E-state index in [-0.39, 0.29) is 5.91 Å². The average molecular weight is 158 g/mol. The molecule has 0 aromatic heterocycles. The number of primary amides is 1. The fraction of sp³-hybridized carbons (Fsp3) is 0.875. The maximum Gasteiger partial charge on any atom is 0.218 e. The van der Waals surface area contributed by atoms with Gasteiger partial charge in [0.05, 0.1) is 0 Å². The topological polar surface area (TPSA) is 55.1 Å². The maximum absolute atomic E-state index is 10.3. The van der Waals surface area contributed by atoms with E-state index >= 15 is 0 Å². The molecule has 0 heterocycles. The summed E-state index contributed by atoms with van der Waals surface area (Å²) in [6.07, 6.45) is 2.76. The molecule has 0 bridgehead atoms. The van der Waals surface area contributed by atoms with Crippen molar-refractivity contribution in [3.05, 3.63) is 0 Å². The van der Waals surface area contributed by atoms with Crippen molar-refractivity contribution in [2.75, 3.05) is 6.54 Å². The molecule has 0 spiro atoms. The third kappa shape index (κ3) is 7.33. The van der Waals surface area contributed by atoms with Gasteiger partial charge in [0, 0.05) is 19.0 Å². The summed E-state index contributed by atoms with van der Waals surface area (Å²) < 4.78 is 0. The zero-order valence-corrected chi connectivity index (χ0v) is 7.39. The van der Waals surface area contributed by atoms with Gasteiger partial charge in [-0.2, -0.15) is 0 Å². The molecule has 1 unspecified atom stereocenters. The average Bonchev–Trinajstić information content (AvgIpc) is 1.87. The summed E-state index contributed by atoms with van der Waals surface area (Å²) in [5.74, 6) is -0.235. The first-order valence-electron chi connectivity index (χ1n) is 4.18. The van der Waals surface area contributed by atoms with Gasteiger partial charge in [-0.1, -0.05) is 13.3 Å². The first kappa shape index (κ1) is 10.4. The summed E-state index contributed by atoms with van der Waals surface area (Å²) in [4.78, 5) is 10.3. The Labute approximate surface area is 68.3 Å². The largest absolute Gasteiger partial charge is 0.370 e. The Morgan fingerprint density at radius 2 is 2.27 bits per heavy atom. The van der Waals surface area contributed by atoms with Gasteiger partial charge < -0.3 is 11.1 Å². The number of hydrogen-bond acceptors (Lipinski definition) is 2. The number of nitrogens with one attached hydrogen (secondary N) is 1. The Hall–Kier alpha value is -0.570. The predicted octanol–water partition coefficient (Wildman–Crippen LogP) is 0.640. The molecule has 0 aliphatic carbocycles. The van der Waals surface area contributed by atoms with Crippen molar-refractivity contribution in [1.29, 1.82) is 0 Å². The van der Waals surface area contributed by atoms with Crippen LogP contribution in [0.1, 0.15) is 33.1 Å². The lowest BCUT2D eigenvalue weighted by Gasteiger charge is -2.10. The first-order valence-corrected chi connectivity index (χ1v) is 4.18. The van der Waals surface area contributed by atoms with Crippen LogP contribution in [0.15, 0.2) is 0 Å². The van der Waals surface area contributed by atoms with Gasteiger partial charge in [-0.25, -0.2) is 0 Å². The molecule has 3 nitrogen and oxygen atoms in total. The number of amides is 1. The molecule has 1 amide bonds. The molecule has 1 atom stereocenters. The van der Waals surface area contributed by atoms with Crippen LogP contribution in [-0.2, 0) is 4.79 Å². The second kappa shape index (κ2) is 6.16. The van der Waals surface area contributed by atoms with E-state index in [0.717, 1.165) is 6.42 Å². The van der Waals surface area contributed by atoms with Gasteiger partial charge in [0.25, 0.3) is 0 Å². The van der Waals surface area contributed by atoms with Crippen molar-refractivity contribution in [3.63, 3.8) is 0 Å². The quantitative estimate of drug-likeness (QED) is 0.596. The molecule has 0 aliphatic rings. The fourth-order valence-corrected chi connectivity index (χ4v) is 0.977. The van der Waals surface area contributed by atoms with Crippen LogP contribution in [0.4, 0.5) is 0 Å². The van der Waals surface area contributed by atoms with Crippen LogP contribution in [0.3, 0.4) is 0 Å². The van der Waals surface area contributed by atoms with Crippen LogP contribution in [-0.4, -0.2) is 18.5 Å².